The number of rotatable bonds is 5. The zero-order valence-electron chi connectivity index (χ0n) is 8.29. The van der Waals surface area contributed by atoms with Gasteiger partial charge in [0.25, 0.3) is 0 Å². The van der Waals surface area contributed by atoms with E-state index in [9.17, 15) is 0 Å². The molecule has 1 aromatic carbocycles. The van der Waals surface area contributed by atoms with Gasteiger partial charge in [0.15, 0.2) is 0 Å². The minimum absolute atomic E-state index is 0.522. The molecule has 0 amide bonds. The van der Waals surface area contributed by atoms with E-state index >= 15 is 0 Å². The molecular weight excluding hydrogens is 176 g/mol. The van der Waals surface area contributed by atoms with Gasteiger partial charge >= 0.3 is 0 Å². The first-order valence-corrected chi connectivity index (χ1v) is 4.55. The van der Waals surface area contributed by atoms with Crippen molar-refractivity contribution in [3.63, 3.8) is 0 Å². The van der Waals surface area contributed by atoms with E-state index < -0.39 is 0 Å². The molecular formula is C11H14N2O. The Morgan fingerprint density at radius 1 is 1.50 bits per heavy atom. The highest BCUT2D eigenvalue weighted by Crippen LogP contribution is 2.10. The van der Waals surface area contributed by atoms with Crippen LogP contribution in [0.2, 0.25) is 0 Å². The first-order chi connectivity index (χ1) is 6.86. The maximum Gasteiger partial charge on any atom is 0.0713 e. The number of benzene rings is 1. The molecule has 1 N–H and O–H groups in total. The largest absolute Gasteiger partial charge is 0.384 e. The summed E-state index contributed by atoms with van der Waals surface area (Å²) >= 11 is 0. The summed E-state index contributed by atoms with van der Waals surface area (Å²) in [6.07, 6.45) is 0.522. The van der Waals surface area contributed by atoms with Gasteiger partial charge in [-0.2, -0.15) is 5.26 Å². The smallest absolute Gasteiger partial charge is 0.0713 e. The van der Waals surface area contributed by atoms with Crippen LogP contribution in [0.1, 0.15) is 12.0 Å². The van der Waals surface area contributed by atoms with Crippen LogP contribution in [0.5, 0.6) is 0 Å². The number of nitrogens with one attached hydrogen (secondary N) is 1. The predicted molar refractivity (Wildman–Crippen MR) is 55.9 cm³/mol. The van der Waals surface area contributed by atoms with E-state index in [1.807, 2.05) is 24.3 Å². The standard InChI is InChI=1S/C11H14N2O/c1-14-9-10-4-2-5-11(8-10)13-7-3-6-12/h2,4-5,8,13H,3,7,9H2,1H3. The number of ether oxygens (including phenoxy) is 1. The topological polar surface area (TPSA) is 45.0 Å². The normalized spacial score (nSPS) is 9.43. The Kier molecular flexibility index (Phi) is 4.53. The van der Waals surface area contributed by atoms with Gasteiger partial charge in [-0.3, -0.25) is 0 Å². The van der Waals surface area contributed by atoms with E-state index in [-0.39, 0.29) is 0 Å². The molecule has 0 saturated heterocycles. The summed E-state index contributed by atoms with van der Waals surface area (Å²) < 4.78 is 5.03. The molecule has 1 rings (SSSR count). The van der Waals surface area contributed by atoms with Gasteiger partial charge in [-0.15, -0.1) is 0 Å². The van der Waals surface area contributed by atoms with E-state index in [0.29, 0.717) is 19.6 Å². The predicted octanol–water partition coefficient (Wildman–Crippen LogP) is 2.16. The van der Waals surface area contributed by atoms with Gasteiger partial charge in [0.05, 0.1) is 19.1 Å². The summed E-state index contributed by atoms with van der Waals surface area (Å²) in [7, 11) is 1.68. The highest BCUT2D eigenvalue weighted by molar-refractivity contribution is 5.45. The van der Waals surface area contributed by atoms with Crippen LogP contribution in [-0.2, 0) is 11.3 Å². The summed E-state index contributed by atoms with van der Waals surface area (Å²) in [5.41, 5.74) is 2.17. The molecule has 0 unspecified atom stereocenters. The zero-order chi connectivity index (χ0) is 10.2. The summed E-state index contributed by atoms with van der Waals surface area (Å²) in [5.74, 6) is 0. The van der Waals surface area contributed by atoms with Crippen LogP contribution in [-0.4, -0.2) is 13.7 Å². The lowest BCUT2D eigenvalue weighted by Crippen LogP contribution is -2.00. The highest BCUT2D eigenvalue weighted by Gasteiger charge is 1.94. The van der Waals surface area contributed by atoms with E-state index in [1.54, 1.807) is 7.11 Å². The second kappa shape index (κ2) is 6.01. The van der Waals surface area contributed by atoms with Crippen molar-refractivity contribution in [1.29, 1.82) is 5.26 Å². The highest BCUT2D eigenvalue weighted by atomic mass is 16.5. The third-order valence-corrected chi connectivity index (χ3v) is 1.80. The van der Waals surface area contributed by atoms with Crippen molar-refractivity contribution in [1.82, 2.24) is 0 Å². The van der Waals surface area contributed by atoms with Crippen LogP contribution in [0, 0.1) is 11.3 Å². The maximum atomic E-state index is 8.37. The van der Waals surface area contributed by atoms with Gasteiger partial charge in [0.1, 0.15) is 0 Å². The summed E-state index contributed by atoms with van der Waals surface area (Å²) in [4.78, 5) is 0. The average Bonchev–Trinajstić information content (AvgIpc) is 2.19. The fraction of sp³-hybridized carbons (Fsp3) is 0.364. The van der Waals surface area contributed by atoms with Gasteiger partial charge in [-0.1, -0.05) is 12.1 Å². The number of anilines is 1. The zero-order valence-corrected chi connectivity index (χ0v) is 8.29. The molecule has 0 aliphatic rings. The Morgan fingerprint density at radius 3 is 3.07 bits per heavy atom. The van der Waals surface area contributed by atoms with Crippen molar-refractivity contribution in [3.8, 4) is 6.07 Å². The Hall–Kier alpha value is -1.53. The Bertz CT molecular complexity index is 317. The van der Waals surface area contributed by atoms with Gasteiger partial charge in [0, 0.05) is 19.3 Å². The fourth-order valence-corrected chi connectivity index (χ4v) is 1.20. The van der Waals surface area contributed by atoms with Crippen molar-refractivity contribution in [3.05, 3.63) is 29.8 Å². The Labute approximate surface area is 84.3 Å². The number of methoxy groups -OCH3 is 1. The first-order valence-electron chi connectivity index (χ1n) is 4.55. The van der Waals surface area contributed by atoms with Crippen molar-refractivity contribution in [2.24, 2.45) is 0 Å². The van der Waals surface area contributed by atoms with Crippen LogP contribution in [0.4, 0.5) is 5.69 Å². The summed E-state index contributed by atoms with van der Waals surface area (Å²) in [6.45, 7) is 1.31. The maximum absolute atomic E-state index is 8.37. The Morgan fingerprint density at radius 2 is 2.36 bits per heavy atom. The number of nitrogens with zero attached hydrogens (tertiary/aromatic N) is 1. The summed E-state index contributed by atoms with van der Waals surface area (Å²) in [6, 6.07) is 10.1. The van der Waals surface area contributed by atoms with Crippen molar-refractivity contribution >= 4 is 5.69 Å². The van der Waals surface area contributed by atoms with Gasteiger partial charge < -0.3 is 10.1 Å². The van der Waals surface area contributed by atoms with Gasteiger partial charge in [-0.05, 0) is 17.7 Å². The van der Waals surface area contributed by atoms with Crippen LogP contribution in [0.15, 0.2) is 24.3 Å². The molecule has 0 radical (unpaired) electrons. The molecule has 0 aromatic heterocycles. The fourth-order valence-electron chi connectivity index (χ4n) is 1.20. The quantitative estimate of drug-likeness (QED) is 0.723. The van der Waals surface area contributed by atoms with E-state index in [0.717, 1.165) is 11.3 Å². The second-order valence-corrected chi connectivity index (χ2v) is 2.97. The molecule has 0 spiro atoms. The molecule has 1 aromatic rings. The molecule has 74 valence electrons. The van der Waals surface area contributed by atoms with Crippen molar-refractivity contribution in [2.45, 2.75) is 13.0 Å². The lowest BCUT2D eigenvalue weighted by atomic mass is 10.2. The van der Waals surface area contributed by atoms with Crippen molar-refractivity contribution in [2.75, 3.05) is 19.0 Å². The van der Waals surface area contributed by atoms with E-state index in [2.05, 4.69) is 11.4 Å². The third kappa shape index (κ3) is 3.46. The molecule has 3 heteroatoms. The number of nitriles is 1. The number of hydrogen-bond donors (Lipinski definition) is 1. The first kappa shape index (κ1) is 10.6. The van der Waals surface area contributed by atoms with Crippen LogP contribution in [0.3, 0.4) is 0 Å². The third-order valence-electron chi connectivity index (χ3n) is 1.80. The minimum Gasteiger partial charge on any atom is -0.384 e. The lowest BCUT2D eigenvalue weighted by Gasteiger charge is -2.05. The Balaban J connectivity index is 2.51. The molecule has 14 heavy (non-hydrogen) atoms. The second-order valence-electron chi connectivity index (χ2n) is 2.97. The minimum atomic E-state index is 0.522. The molecule has 0 fully saturated rings. The molecule has 0 heterocycles. The molecule has 0 saturated carbocycles. The SMILES string of the molecule is COCc1cccc(NCCC#N)c1. The van der Waals surface area contributed by atoms with Crippen LogP contribution in [0.25, 0.3) is 0 Å². The monoisotopic (exact) mass is 190 g/mol. The van der Waals surface area contributed by atoms with Gasteiger partial charge in [0.2, 0.25) is 0 Å². The van der Waals surface area contributed by atoms with Crippen LogP contribution < -0.4 is 5.32 Å². The molecule has 0 atom stereocenters. The molecule has 0 aliphatic carbocycles. The molecule has 0 aliphatic heterocycles. The van der Waals surface area contributed by atoms with E-state index in [4.69, 9.17) is 10.00 Å². The van der Waals surface area contributed by atoms with E-state index in [1.165, 1.54) is 0 Å². The summed E-state index contributed by atoms with van der Waals surface area (Å²) in [5, 5.41) is 11.5. The lowest BCUT2D eigenvalue weighted by molar-refractivity contribution is 0.185. The van der Waals surface area contributed by atoms with Crippen molar-refractivity contribution < 1.29 is 4.74 Å². The molecule has 3 nitrogen and oxygen atoms in total. The average molecular weight is 190 g/mol. The van der Waals surface area contributed by atoms with Gasteiger partial charge in [-0.25, -0.2) is 0 Å². The number of hydrogen-bond acceptors (Lipinski definition) is 3. The molecule has 0 bridgehead atoms. The van der Waals surface area contributed by atoms with Crippen LogP contribution >= 0.6 is 0 Å².